The standard InChI is InChI=1S/C16H21N3O2/c1-16(2,9-18-7-11(17)8-18)10-19-14(20)12-5-3-4-6-13(12)15(19)21/h3-6,11H,7-10,17H2,1-2H3. The molecule has 1 aromatic carbocycles. The number of imide groups is 1. The summed E-state index contributed by atoms with van der Waals surface area (Å²) in [6.07, 6.45) is 0. The summed E-state index contributed by atoms with van der Waals surface area (Å²) in [7, 11) is 0. The van der Waals surface area contributed by atoms with Crippen molar-refractivity contribution in [2.45, 2.75) is 19.9 Å². The van der Waals surface area contributed by atoms with Crippen molar-refractivity contribution in [2.24, 2.45) is 11.1 Å². The van der Waals surface area contributed by atoms with Crippen LogP contribution in [0.15, 0.2) is 24.3 Å². The molecule has 0 aliphatic carbocycles. The highest BCUT2D eigenvalue weighted by Gasteiger charge is 2.39. The van der Waals surface area contributed by atoms with Gasteiger partial charge >= 0.3 is 0 Å². The molecular formula is C16H21N3O2. The van der Waals surface area contributed by atoms with Gasteiger partial charge in [-0.05, 0) is 17.5 Å². The van der Waals surface area contributed by atoms with Crippen molar-refractivity contribution in [3.63, 3.8) is 0 Å². The average molecular weight is 287 g/mol. The van der Waals surface area contributed by atoms with Crippen molar-refractivity contribution in [2.75, 3.05) is 26.2 Å². The maximum absolute atomic E-state index is 12.4. The van der Waals surface area contributed by atoms with Gasteiger partial charge in [-0.25, -0.2) is 0 Å². The fourth-order valence-electron chi connectivity index (χ4n) is 3.21. The van der Waals surface area contributed by atoms with E-state index in [9.17, 15) is 9.59 Å². The smallest absolute Gasteiger partial charge is 0.261 e. The largest absolute Gasteiger partial charge is 0.325 e. The topological polar surface area (TPSA) is 66.6 Å². The first-order chi connectivity index (χ1) is 9.87. The van der Waals surface area contributed by atoms with Crippen molar-refractivity contribution in [1.82, 2.24) is 9.80 Å². The molecule has 21 heavy (non-hydrogen) atoms. The van der Waals surface area contributed by atoms with Gasteiger partial charge in [0.25, 0.3) is 11.8 Å². The minimum Gasteiger partial charge on any atom is -0.325 e. The summed E-state index contributed by atoms with van der Waals surface area (Å²) in [5.41, 5.74) is 6.68. The Bertz CT molecular complexity index is 556. The Balaban J connectivity index is 1.71. The third kappa shape index (κ3) is 2.59. The molecule has 2 aliphatic rings. The second-order valence-corrected chi connectivity index (χ2v) is 6.86. The maximum atomic E-state index is 12.4. The number of carbonyl (C=O) groups is 2. The van der Waals surface area contributed by atoms with Gasteiger partial charge in [0, 0.05) is 32.2 Å². The quantitative estimate of drug-likeness (QED) is 0.837. The van der Waals surface area contributed by atoms with E-state index in [0.29, 0.717) is 17.7 Å². The molecule has 0 bridgehead atoms. The van der Waals surface area contributed by atoms with Crippen molar-refractivity contribution in [3.8, 4) is 0 Å². The summed E-state index contributed by atoms with van der Waals surface area (Å²) < 4.78 is 0. The van der Waals surface area contributed by atoms with Gasteiger partial charge in [-0.3, -0.25) is 19.4 Å². The maximum Gasteiger partial charge on any atom is 0.261 e. The third-order valence-corrected chi connectivity index (χ3v) is 4.10. The molecule has 2 heterocycles. The molecule has 1 fully saturated rings. The lowest BCUT2D eigenvalue weighted by atomic mass is 9.90. The molecule has 2 amide bonds. The summed E-state index contributed by atoms with van der Waals surface area (Å²) in [5.74, 6) is -0.354. The fraction of sp³-hybridized carbons (Fsp3) is 0.500. The SMILES string of the molecule is CC(C)(CN1CC(N)C1)CN1C(=O)c2ccccc2C1=O. The number of carbonyl (C=O) groups excluding carboxylic acids is 2. The Labute approximate surface area is 124 Å². The highest BCUT2D eigenvalue weighted by atomic mass is 16.2. The molecule has 112 valence electrons. The van der Waals surface area contributed by atoms with Crippen LogP contribution in [-0.4, -0.2) is 53.8 Å². The first-order valence-corrected chi connectivity index (χ1v) is 7.30. The average Bonchev–Trinajstić information content (AvgIpc) is 2.62. The first kappa shape index (κ1) is 14.2. The highest BCUT2D eigenvalue weighted by Crippen LogP contribution is 2.28. The molecule has 5 heteroatoms. The molecule has 5 nitrogen and oxygen atoms in total. The van der Waals surface area contributed by atoms with Crippen LogP contribution in [0.3, 0.4) is 0 Å². The van der Waals surface area contributed by atoms with E-state index in [1.165, 1.54) is 4.90 Å². The number of benzene rings is 1. The molecule has 1 saturated heterocycles. The Hall–Kier alpha value is -1.72. The molecule has 1 aromatic rings. The lowest BCUT2D eigenvalue weighted by Crippen LogP contribution is -2.58. The number of hydrogen-bond acceptors (Lipinski definition) is 4. The Kier molecular flexibility index (Phi) is 3.34. The zero-order valence-corrected chi connectivity index (χ0v) is 12.5. The number of amides is 2. The summed E-state index contributed by atoms with van der Waals surface area (Å²) >= 11 is 0. The van der Waals surface area contributed by atoms with E-state index in [-0.39, 0.29) is 23.3 Å². The van der Waals surface area contributed by atoms with Crippen LogP contribution in [0.25, 0.3) is 0 Å². The van der Waals surface area contributed by atoms with Crippen molar-refractivity contribution in [1.29, 1.82) is 0 Å². The van der Waals surface area contributed by atoms with Gasteiger partial charge in [-0.2, -0.15) is 0 Å². The Morgan fingerprint density at radius 3 is 2.10 bits per heavy atom. The van der Waals surface area contributed by atoms with Gasteiger partial charge in [0.1, 0.15) is 0 Å². The molecule has 3 rings (SSSR count). The van der Waals surface area contributed by atoms with Gasteiger partial charge in [-0.15, -0.1) is 0 Å². The predicted molar refractivity (Wildman–Crippen MR) is 80.0 cm³/mol. The molecule has 0 radical (unpaired) electrons. The zero-order chi connectivity index (χ0) is 15.2. The van der Waals surface area contributed by atoms with Gasteiger partial charge < -0.3 is 5.73 Å². The summed E-state index contributed by atoms with van der Waals surface area (Å²) in [5, 5.41) is 0. The Morgan fingerprint density at radius 2 is 1.62 bits per heavy atom. The van der Waals surface area contributed by atoms with E-state index < -0.39 is 0 Å². The van der Waals surface area contributed by atoms with Gasteiger partial charge in [0.2, 0.25) is 0 Å². The van der Waals surface area contributed by atoms with E-state index in [0.717, 1.165) is 19.6 Å². The van der Waals surface area contributed by atoms with Crippen LogP contribution in [0.5, 0.6) is 0 Å². The number of nitrogens with zero attached hydrogens (tertiary/aromatic N) is 2. The van der Waals surface area contributed by atoms with Crippen molar-refractivity contribution < 1.29 is 9.59 Å². The first-order valence-electron chi connectivity index (χ1n) is 7.30. The zero-order valence-electron chi connectivity index (χ0n) is 12.5. The number of hydrogen-bond donors (Lipinski definition) is 1. The van der Waals surface area contributed by atoms with Crippen molar-refractivity contribution in [3.05, 3.63) is 35.4 Å². The summed E-state index contributed by atoms with van der Waals surface area (Å²) in [4.78, 5) is 28.4. The molecule has 0 aromatic heterocycles. The van der Waals surface area contributed by atoms with Gasteiger partial charge in [0.05, 0.1) is 11.1 Å². The summed E-state index contributed by atoms with van der Waals surface area (Å²) in [6.45, 7) is 7.23. The lowest BCUT2D eigenvalue weighted by molar-refractivity contribution is 0.0480. The molecule has 0 saturated carbocycles. The number of rotatable bonds is 4. The van der Waals surface area contributed by atoms with E-state index in [2.05, 4.69) is 18.7 Å². The second kappa shape index (κ2) is 4.93. The summed E-state index contributed by atoms with van der Waals surface area (Å²) in [6, 6.07) is 7.29. The monoisotopic (exact) mass is 287 g/mol. The third-order valence-electron chi connectivity index (χ3n) is 4.10. The van der Waals surface area contributed by atoms with E-state index in [1.54, 1.807) is 24.3 Å². The van der Waals surface area contributed by atoms with Crippen LogP contribution in [0.1, 0.15) is 34.6 Å². The van der Waals surface area contributed by atoms with Gasteiger partial charge in [-0.1, -0.05) is 26.0 Å². The molecule has 0 atom stereocenters. The number of likely N-dealkylation sites (tertiary alicyclic amines) is 1. The van der Waals surface area contributed by atoms with E-state index >= 15 is 0 Å². The molecule has 0 spiro atoms. The lowest BCUT2D eigenvalue weighted by Gasteiger charge is -2.42. The minimum atomic E-state index is -0.177. The predicted octanol–water partition coefficient (Wildman–Crippen LogP) is 0.952. The van der Waals surface area contributed by atoms with Crippen LogP contribution in [0.4, 0.5) is 0 Å². The van der Waals surface area contributed by atoms with Crippen LogP contribution in [-0.2, 0) is 0 Å². The number of nitrogens with two attached hydrogens (primary N) is 1. The van der Waals surface area contributed by atoms with Crippen LogP contribution in [0.2, 0.25) is 0 Å². The van der Waals surface area contributed by atoms with Crippen LogP contribution >= 0.6 is 0 Å². The number of fused-ring (bicyclic) bond motifs is 1. The molecule has 2 aliphatic heterocycles. The molecule has 2 N–H and O–H groups in total. The van der Waals surface area contributed by atoms with Crippen LogP contribution < -0.4 is 5.73 Å². The second-order valence-electron chi connectivity index (χ2n) is 6.86. The fourth-order valence-corrected chi connectivity index (χ4v) is 3.21. The van der Waals surface area contributed by atoms with Crippen LogP contribution in [0, 0.1) is 5.41 Å². The van der Waals surface area contributed by atoms with Gasteiger partial charge in [0.15, 0.2) is 0 Å². The minimum absolute atomic E-state index is 0.145. The molecular weight excluding hydrogens is 266 g/mol. The normalized spacial score (nSPS) is 19.9. The van der Waals surface area contributed by atoms with Crippen molar-refractivity contribution >= 4 is 11.8 Å². The van der Waals surface area contributed by atoms with E-state index in [1.807, 2.05) is 0 Å². The molecule has 0 unspecified atom stereocenters. The Morgan fingerprint density at radius 1 is 1.10 bits per heavy atom. The van der Waals surface area contributed by atoms with E-state index in [4.69, 9.17) is 5.73 Å². The highest BCUT2D eigenvalue weighted by molar-refractivity contribution is 6.21.